The quantitative estimate of drug-likeness (QED) is 0.538. The minimum Gasteiger partial charge on any atom is -0.493 e. The van der Waals surface area contributed by atoms with Crippen molar-refractivity contribution in [3.05, 3.63) is 39.8 Å². The number of hydrogen-bond acceptors (Lipinski definition) is 7. The highest BCUT2D eigenvalue weighted by molar-refractivity contribution is 7.09. The van der Waals surface area contributed by atoms with E-state index in [-0.39, 0.29) is 12.3 Å². The average molecular weight is 377 g/mol. The standard InChI is InChI=1S/C17H19N3O5S/c1-10-9-26-16(18-10)7-15(21)20-19-11(2)12-4-5-13(14(6-12)24-3)25-8-17(22)23/h4-6,9H,7-8H2,1-3H3,(H,20,21)(H,22,23)/b19-11-. The molecular weight excluding hydrogens is 358 g/mol. The number of aliphatic carboxylic acids is 1. The molecule has 0 saturated carbocycles. The summed E-state index contributed by atoms with van der Waals surface area (Å²) in [6.07, 6.45) is 0.167. The second-order valence-electron chi connectivity index (χ2n) is 5.34. The predicted octanol–water partition coefficient (Wildman–Crippen LogP) is 2.01. The molecule has 1 aromatic heterocycles. The number of carbonyl (C=O) groups is 2. The van der Waals surface area contributed by atoms with Crippen LogP contribution < -0.4 is 14.9 Å². The van der Waals surface area contributed by atoms with Crippen molar-refractivity contribution in [2.24, 2.45) is 5.10 Å². The molecule has 0 bridgehead atoms. The molecule has 1 heterocycles. The fraction of sp³-hybridized carbons (Fsp3) is 0.294. The van der Waals surface area contributed by atoms with Crippen LogP contribution in [0.3, 0.4) is 0 Å². The summed E-state index contributed by atoms with van der Waals surface area (Å²) in [6, 6.07) is 4.96. The van der Waals surface area contributed by atoms with Crippen molar-refractivity contribution in [2.75, 3.05) is 13.7 Å². The number of rotatable bonds is 8. The summed E-state index contributed by atoms with van der Waals surface area (Å²) in [7, 11) is 1.46. The topological polar surface area (TPSA) is 110 Å². The van der Waals surface area contributed by atoms with Crippen molar-refractivity contribution in [3.63, 3.8) is 0 Å². The van der Waals surface area contributed by atoms with E-state index >= 15 is 0 Å². The summed E-state index contributed by atoms with van der Waals surface area (Å²) in [4.78, 5) is 26.8. The number of benzene rings is 1. The zero-order chi connectivity index (χ0) is 19.1. The van der Waals surface area contributed by atoms with Crippen LogP contribution in [0.25, 0.3) is 0 Å². The molecule has 0 aliphatic carbocycles. The van der Waals surface area contributed by atoms with Crippen LogP contribution in [0, 0.1) is 6.92 Å². The lowest BCUT2D eigenvalue weighted by atomic mass is 10.1. The average Bonchev–Trinajstić information content (AvgIpc) is 3.02. The summed E-state index contributed by atoms with van der Waals surface area (Å²) in [5.41, 5.74) is 4.65. The van der Waals surface area contributed by atoms with Crippen LogP contribution in [0.4, 0.5) is 0 Å². The number of carboxylic acids is 1. The molecule has 26 heavy (non-hydrogen) atoms. The van der Waals surface area contributed by atoms with Crippen molar-refractivity contribution >= 4 is 28.9 Å². The second-order valence-corrected chi connectivity index (χ2v) is 6.28. The van der Waals surface area contributed by atoms with Crippen LogP contribution in [0.15, 0.2) is 28.7 Å². The van der Waals surface area contributed by atoms with E-state index in [1.807, 2.05) is 12.3 Å². The monoisotopic (exact) mass is 377 g/mol. The number of thiazole rings is 1. The molecule has 0 radical (unpaired) electrons. The van der Waals surface area contributed by atoms with E-state index in [1.165, 1.54) is 18.4 Å². The van der Waals surface area contributed by atoms with E-state index in [4.69, 9.17) is 14.6 Å². The molecule has 9 heteroatoms. The molecule has 2 rings (SSSR count). The lowest BCUT2D eigenvalue weighted by Gasteiger charge is -2.11. The molecule has 0 saturated heterocycles. The maximum atomic E-state index is 11.9. The molecule has 1 amide bonds. The Kier molecular flexibility index (Phi) is 6.67. The lowest BCUT2D eigenvalue weighted by Crippen LogP contribution is -2.21. The fourth-order valence-corrected chi connectivity index (χ4v) is 2.79. The molecule has 0 unspecified atom stereocenters. The Morgan fingerprint density at radius 2 is 2.12 bits per heavy atom. The predicted molar refractivity (Wildman–Crippen MR) is 97.0 cm³/mol. The van der Waals surface area contributed by atoms with Gasteiger partial charge in [0.1, 0.15) is 5.01 Å². The lowest BCUT2D eigenvalue weighted by molar-refractivity contribution is -0.139. The van der Waals surface area contributed by atoms with Gasteiger partial charge < -0.3 is 14.6 Å². The highest BCUT2D eigenvalue weighted by Gasteiger charge is 2.10. The first-order valence-corrected chi connectivity index (χ1v) is 8.54. The van der Waals surface area contributed by atoms with Gasteiger partial charge >= 0.3 is 5.97 Å². The molecule has 138 valence electrons. The maximum absolute atomic E-state index is 11.9. The first-order valence-electron chi connectivity index (χ1n) is 7.66. The minimum absolute atomic E-state index is 0.167. The third kappa shape index (κ3) is 5.55. The summed E-state index contributed by atoms with van der Waals surface area (Å²) in [5, 5.41) is 15.4. The Bertz CT molecular complexity index is 832. The summed E-state index contributed by atoms with van der Waals surface area (Å²) < 4.78 is 10.4. The van der Waals surface area contributed by atoms with Crippen LogP contribution in [-0.2, 0) is 16.0 Å². The first-order chi connectivity index (χ1) is 12.4. The van der Waals surface area contributed by atoms with Crippen molar-refractivity contribution in [1.82, 2.24) is 10.4 Å². The van der Waals surface area contributed by atoms with E-state index in [0.29, 0.717) is 22.8 Å². The zero-order valence-corrected chi connectivity index (χ0v) is 15.4. The fourth-order valence-electron chi connectivity index (χ4n) is 2.02. The van der Waals surface area contributed by atoms with E-state index in [2.05, 4.69) is 15.5 Å². The van der Waals surface area contributed by atoms with Gasteiger partial charge in [-0.3, -0.25) is 4.79 Å². The van der Waals surface area contributed by atoms with E-state index in [9.17, 15) is 9.59 Å². The van der Waals surface area contributed by atoms with Gasteiger partial charge in [0.15, 0.2) is 18.1 Å². The number of methoxy groups -OCH3 is 1. The molecule has 8 nitrogen and oxygen atoms in total. The van der Waals surface area contributed by atoms with Crippen LogP contribution in [0.1, 0.15) is 23.2 Å². The number of nitrogens with one attached hydrogen (secondary N) is 1. The number of hydrogen-bond donors (Lipinski definition) is 2. The van der Waals surface area contributed by atoms with Gasteiger partial charge in [-0.2, -0.15) is 5.10 Å². The van der Waals surface area contributed by atoms with Gasteiger partial charge in [0, 0.05) is 16.6 Å². The Morgan fingerprint density at radius 3 is 2.73 bits per heavy atom. The number of carbonyl (C=O) groups excluding carboxylic acids is 1. The number of ether oxygens (including phenoxy) is 2. The molecule has 1 aromatic carbocycles. The van der Waals surface area contributed by atoms with Gasteiger partial charge in [0.2, 0.25) is 5.91 Å². The zero-order valence-electron chi connectivity index (χ0n) is 14.6. The molecule has 0 atom stereocenters. The highest BCUT2D eigenvalue weighted by atomic mass is 32.1. The smallest absolute Gasteiger partial charge is 0.341 e. The van der Waals surface area contributed by atoms with Crippen LogP contribution in [-0.4, -0.2) is 41.4 Å². The molecule has 0 fully saturated rings. The van der Waals surface area contributed by atoms with Gasteiger partial charge in [0.25, 0.3) is 0 Å². The SMILES string of the molecule is COc1cc(/C(C)=N\NC(=O)Cc2nc(C)cs2)ccc1OCC(=O)O. The van der Waals surface area contributed by atoms with Crippen LogP contribution in [0.5, 0.6) is 11.5 Å². The van der Waals surface area contributed by atoms with Gasteiger partial charge in [0.05, 0.1) is 19.2 Å². The maximum Gasteiger partial charge on any atom is 0.341 e. The molecular formula is C17H19N3O5S. The Balaban J connectivity index is 2.03. The highest BCUT2D eigenvalue weighted by Crippen LogP contribution is 2.28. The van der Waals surface area contributed by atoms with Crippen molar-refractivity contribution in [3.8, 4) is 11.5 Å². The van der Waals surface area contributed by atoms with Crippen molar-refractivity contribution in [2.45, 2.75) is 20.3 Å². The first kappa shape index (κ1) is 19.4. The number of hydrazone groups is 1. The normalized spacial score (nSPS) is 11.1. The molecule has 0 aliphatic rings. The number of aryl methyl sites for hydroxylation is 1. The van der Waals surface area contributed by atoms with Crippen LogP contribution >= 0.6 is 11.3 Å². The number of amides is 1. The largest absolute Gasteiger partial charge is 0.493 e. The summed E-state index contributed by atoms with van der Waals surface area (Å²) in [6.45, 7) is 3.15. The molecule has 2 N–H and O–H groups in total. The third-order valence-corrected chi connectivity index (χ3v) is 4.23. The number of aromatic nitrogens is 1. The van der Waals surface area contributed by atoms with E-state index in [0.717, 1.165) is 10.7 Å². The van der Waals surface area contributed by atoms with Gasteiger partial charge in [-0.05, 0) is 32.0 Å². The van der Waals surface area contributed by atoms with Crippen molar-refractivity contribution < 1.29 is 24.2 Å². The van der Waals surface area contributed by atoms with Crippen molar-refractivity contribution in [1.29, 1.82) is 0 Å². The number of carboxylic acid groups (broad SMARTS) is 1. The number of nitrogens with zero attached hydrogens (tertiary/aromatic N) is 2. The van der Waals surface area contributed by atoms with Gasteiger partial charge in [-0.15, -0.1) is 11.3 Å². The summed E-state index contributed by atoms with van der Waals surface area (Å²) >= 11 is 1.43. The molecule has 2 aromatic rings. The van der Waals surface area contributed by atoms with Crippen LogP contribution in [0.2, 0.25) is 0 Å². The van der Waals surface area contributed by atoms with Gasteiger partial charge in [-0.1, -0.05) is 0 Å². The molecule has 0 aliphatic heterocycles. The second kappa shape index (κ2) is 8.95. The summed E-state index contributed by atoms with van der Waals surface area (Å²) in [5.74, 6) is -0.642. The van der Waals surface area contributed by atoms with E-state index < -0.39 is 12.6 Å². The van der Waals surface area contributed by atoms with E-state index in [1.54, 1.807) is 25.1 Å². The Hall–Kier alpha value is -2.94. The third-order valence-electron chi connectivity index (χ3n) is 3.26. The Morgan fingerprint density at radius 1 is 1.35 bits per heavy atom. The molecule has 0 spiro atoms. The minimum atomic E-state index is -1.08. The van der Waals surface area contributed by atoms with Gasteiger partial charge in [-0.25, -0.2) is 15.2 Å². The Labute approximate surface area is 154 Å².